The zero-order valence-electron chi connectivity index (χ0n) is 11.3. The molecule has 3 heteroatoms. The van der Waals surface area contributed by atoms with E-state index in [1.165, 1.54) is 4.88 Å². The maximum atomic E-state index is 12.5. The van der Waals surface area contributed by atoms with Crippen LogP contribution in [0.15, 0.2) is 48.7 Å². The summed E-state index contributed by atoms with van der Waals surface area (Å²) >= 11 is 1.72. The van der Waals surface area contributed by atoms with E-state index >= 15 is 0 Å². The summed E-state index contributed by atoms with van der Waals surface area (Å²) < 4.78 is 0. The van der Waals surface area contributed by atoms with Crippen molar-refractivity contribution in [2.75, 3.05) is 0 Å². The third kappa shape index (κ3) is 2.49. The van der Waals surface area contributed by atoms with Crippen LogP contribution in [0.5, 0.6) is 0 Å². The number of Topliss-reactive ketones (excluding diaryl/α,β-unsaturated/α-hetero) is 1. The van der Waals surface area contributed by atoms with Crippen LogP contribution in [0.3, 0.4) is 0 Å². The fourth-order valence-corrected chi connectivity index (χ4v) is 3.25. The van der Waals surface area contributed by atoms with E-state index in [0.717, 1.165) is 27.8 Å². The van der Waals surface area contributed by atoms with Gasteiger partial charge in [0.15, 0.2) is 5.78 Å². The number of nitrogens with zero attached hydrogens (tertiary/aromatic N) is 1. The Kier molecular flexibility index (Phi) is 3.61. The molecule has 0 amide bonds. The zero-order valence-corrected chi connectivity index (χ0v) is 12.1. The Morgan fingerprint density at radius 3 is 2.70 bits per heavy atom. The van der Waals surface area contributed by atoms with Crippen LogP contribution in [-0.4, -0.2) is 10.8 Å². The first kappa shape index (κ1) is 13.0. The summed E-state index contributed by atoms with van der Waals surface area (Å²) in [7, 11) is 0. The summed E-state index contributed by atoms with van der Waals surface area (Å²) in [5.41, 5.74) is 1.52. The smallest absolute Gasteiger partial charge is 0.170 e. The maximum Gasteiger partial charge on any atom is 0.170 e. The summed E-state index contributed by atoms with van der Waals surface area (Å²) in [4.78, 5) is 19.3. The molecular weight excluding hydrogens is 266 g/mol. The fourth-order valence-electron chi connectivity index (χ4n) is 2.29. The average molecular weight is 281 g/mol. The molecule has 2 nitrogen and oxygen atoms in total. The highest BCUT2D eigenvalue weighted by atomic mass is 32.1. The van der Waals surface area contributed by atoms with Crippen molar-refractivity contribution in [2.24, 2.45) is 0 Å². The molecule has 0 saturated heterocycles. The van der Waals surface area contributed by atoms with Gasteiger partial charge in [-0.15, -0.1) is 11.3 Å². The Labute approximate surface area is 122 Å². The number of ketones is 1. The summed E-state index contributed by atoms with van der Waals surface area (Å²) in [6, 6.07) is 13.8. The van der Waals surface area contributed by atoms with E-state index in [2.05, 4.69) is 24.0 Å². The van der Waals surface area contributed by atoms with Gasteiger partial charge in [0.25, 0.3) is 0 Å². The van der Waals surface area contributed by atoms with Crippen molar-refractivity contribution in [2.45, 2.75) is 19.8 Å². The number of hydrogen-bond acceptors (Lipinski definition) is 3. The van der Waals surface area contributed by atoms with Gasteiger partial charge >= 0.3 is 0 Å². The molecule has 0 radical (unpaired) electrons. The summed E-state index contributed by atoms with van der Waals surface area (Å²) in [6.07, 6.45) is 3.22. The molecule has 2 aromatic heterocycles. The Bertz CT molecular complexity index is 755. The molecule has 20 heavy (non-hydrogen) atoms. The first-order valence-electron chi connectivity index (χ1n) is 6.72. The van der Waals surface area contributed by atoms with Crippen LogP contribution in [0.4, 0.5) is 0 Å². The van der Waals surface area contributed by atoms with E-state index in [9.17, 15) is 4.79 Å². The summed E-state index contributed by atoms with van der Waals surface area (Å²) in [5, 5.41) is 1.01. The third-order valence-corrected chi connectivity index (χ3v) is 4.56. The van der Waals surface area contributed by atoms with Gasteiger partial charge in [0.2, 0.25) is 0 Å². The number of hydrogen-bond donors (Lipinski definition) is 0. The second kappa shape index (κ2) is 5.55. The van der Waals surface area contributed by atoms with E-state index in [4.69, 9.17) is 0 Å². The number of aryl methyl sites for hydroxylation is 1. The van der Waals surface area contributed by atoms with Crippen LogP contribution in [0, 0.1) is 0 Å². The monoisotopic (exact) mass is 281 g/mol. The molecule has 100 valence electrons. The number of para-hydroxylation sites is 1. The Morgan fingerprint density at radius 2 is 1.90 bits per heavy atom. The predicted molar refractivity (Wildman–Crippen MR) is 83.5 cm³/mol. The molecule has 2 heterocycles. The van der Waals surface area contributed by atoms with Crippen molar-refractivity contribution >= 4 is 28.0 Å². The molecule has 0 aliphatic rings. The molecule has 0 unspecified atom stereocenters. The van der Waals surface area contributed by atoms with Gasteiger partial charge in [-0.05, 0) is 30.7 Å². The minimum absolute atomic E-state index is 0.138. The van der Waals surface area contributed by atoms with Crippen molar-refractivity contribution in [1.82, 2.24) is 4.98 Å². The van der Waals surface area contributed by atoms with Crippen LogP contribution in [0.25, 0.3) is 10.9 Å². The normalized spacial score (nSPS) is 10.8. The van der Waals surface area contributed by atoms with Crippen molar-refractivity contribution in [3.8, 4) is 0 Å². The molecule has 0 fully saturated rings. The van der Waals surface area contributed by atoms with E-state index in [0.29, 0.717) is 6.42 Å². The number of carbonyl (C=O) groups excluding carboxylic acids is 1. The number of carbonyl (C=O) groups is 1. The standard InChI is InChI=1S/C17H15NOS/c1-2-13-8-9-14(20-13)11-16(19)15-7-3-5-12-6-4-10-18-17(12)15/h3-10H,2,11H2,1H3. The summed E-state index contributed by atoms with van der Waals surface area (Å²) in [5.74, 6) is 0.138. The van der Waals surface area contributed by atoms with Crippen LogP contribution >= 0.6 is 11.3 Å². The first-order valence-corrected chi connectivity index (χ1v) is 7.54. The number of pyridine rings is 1. The second-order valence-corrected chi connectivity index (χ2v) is 5.96. The van der Waals surface area contributed by atoms with E-state index in [-0.39, 0.29) is 5.78 Å². The number of fused-ring (bicyclic) bond motifs is 1. The van der Waals surface area contributed by atoms with Crippen LogP contribution in [0.1, 0.15) is 27.0 Å². The predicted octanol–water partition coefficient (Wildman–Crippen LogP) is 4.28. The number of aromatic nitrogens is 1. The minimum Gasteiger partial charge on any atom is -0.294 e. The fraction of sp³-hybridized carbons (Fsp3) is 0.176. The van der Waals surface area contributed by atoms with Gasteiger partial charge in [0.05, 0.1) is 5.52 Å². The molecule has 0 N–H and O–H groups in total. The van der Waals surface area contributed by atoms with Gasteiger partial charge in [0, 0.05) is 33.3 Å². The Balaban J connectivity index is 1.92. The molecule has 0 aliphatic heterocycles. The third-order valence-electron chi connectivity index (χ3n) is 3.33. The van der Waals surface area contributed by atoms with Crippen LogP contribution < -0.4 is 0 Å². The van der Waals surface area contributed by atoms with Gasteiger partial charge in [-0.1, -0.05) is 25.1 Å². The molecule has 0 saturated carbocycles. The quantitative estimate of drug-likeness (QED) is 0.668. The molecule has 3 rings (SSSR count). The van der Waals surface area contributed by atoms with Crippen molar-refractivity contribution in [3.63, 3.8) is 0 Å². The Hall–Kier alpha value is -2.00. The molecule has 0 aliphatic carbocycles. The van der Waals surface area contributed by atoms with Crippen LogP contribution in [0.2, 0.25) is 0 Å². The van der Waals surface area contributed by atoms with E-state index in [1.807, 2.05) is 30.3 Å². The van der Waals surface area contributed by atoms with Crippen molar-refractivity contribution in [1.29, 1.82) is 0 Å². The highest BCUT2D eigenvalue weighted by Crippen LogP contribution is 2.21. The topological polar surface area (TPSA) is 30.0 Å². The highest BCUT2D eigenvalue weighted by Gasteiger charge is 2.12. The van der Waals surface area contributed by atoms with Gasteiger partial charge in [0.1, 0.15) is 0 Å². The lowest BCUT2D eigenvalue weighted by atomic mass is 10.0. The minimum atomic E-state index is 0.138. The lowest BCUT2D eigenvalue weighted by Crippen LogP contribution is -2.03. The first-order chi connectivity index (χ1) is 9.78. The summed E-state index contributed by atoms with van der Waals surface area (Å²) in [6.45, 7) is 2.13. The number of rotatable bonds is 4. The molecule has 0 atom stereocenters. The van der Waals surface area contributed by atoms with E-state index < -0.39 is 0 Å². The van der Waals surface area contributed by atoms with Crippen LogP contribution in [-0.2, 0) is 12.8 Å². The molecular formula is C17H15NOS. The lowest BCUT2D eigenvalue weighted by molar-refractivity contribution is 0.0995. The van der Waals surface area contributed by atoms with Gasteiger partial charge in [-0.25, -0.2) is 0 Å². The number of benzene rings is 1. The lowest BCUT2D eigenvalue weighted by Gasteiger charge is -2.03. The van der Waals surface area contributed by atoms with Crippen molar-refractivity contribution < 1.29 is 4.79 Å². The zero-order chi connectivity index (χ0) is 13.9. The highest BCUT2D eigenvalue weighted by molar-refractivity contribution is 7.12. The van der Waals surface area contributed by atoms with E-state index in [1.54, 1.807) is 17.5 Å². The van der Waals surface area contributed by atoms with Gasteiger partial charge in [-0.3, -0.25) is 9.78 Å². The molecule has 3 aromatic rings. The van der Waals surface area contributed by atoms with Crippen molar-refractivity contribution in [3.05, 3.63) is 64.0 Å². The molecule has 0 spiro atoms. The Morgan fingerprint density at radius 1 is 1.10 bits per heavy atom. The van der Waals surface area contributed by atoms with Gasteiger partial charge in [-0.2, -0.15) is 0 Å². The molecule has 1 aromatic carbocycles. The maximum absolute atomic E-state index is 12.5. The second-order valence-electron chi connectivity index (χ2n) is 4.70. The SMILES string of the molecule is CCc1ccc(CC(=O)c2cccc3cccnc23)s1. The average Bonchev–Trinajstić information content (AvgIpc) is 2.94. The largest absolute Gasteiger partial charge is 0.294 e. The molecule has 0 bridgehead atoms. The van der Waals surface area contributed by atoms with Gasteiger partial charge < -0.3 is 0 Å². The number of thiophene rings is 1.